The molecule has 0 saturated carbocycles. The molecule has 0 unspecified atom stereocenters. The van der Waals surface area contributed by atoms with Gasteiger partial charge in [0.1, 0.15) is 0 Å². The van der Waals surface area contributed by atoms with E-state index in [1.54, 1.807) is 20.8 Å². The molecule has 0 radical (unpaired) electrons. The molecule has 3 rings (SSSR count). The number of nitrogens with one attached hydrogen (secondary N) is 2. The molecule has 0 aliphatic heterocycles. The number of thioether (sulfide) groups is 1. The molecule has 0 aliphatic carbocycles. The molecule has 2 N–H and O–H groups in total. The van der Waals surface area contributed by atoms with Gasteiger partial charge in [0, 0.05) is 11.3 Å². The molecule has 3 aromatic rings. The third-order valence-corrected chi connectivity index (χ3v) is 5.68. The average Bonchev–Trinajstić information content (AvgIpc) is 3.15. The van der Waals surface area contributed by atoms with Crippen molar-refractivity contribution in [1.29, 1.82) is 0 Å². The van der Waals surface area contributed by atoms with Crippen molar-refractivity contribution in [3.63, 3.8) is 0 Å². The maximum atomic E-state index is 12.9. The number of aromatic amines is 2. The van der Waals surface area contributed by atoms with Gasteiger partial charge < -0.3 is 4.98 Å². The standard InChI is InChI=1S/C20H22N4O3S/c1-11-16(13(3)25)12(2)21-17(11)18(26)14(4)28-20-23-22-19(27)24(20)10-15-8-6-5-7-9-15/h5-9,14,21H,10H2,1-4H3,(H,22,27)/t14-/m0/s1. The van der Waals surface area contributed by atoms with E-state index in [0.29, 0.717) is 34.2 Å². The van der Waals surface area contributed by atoms with Crippen LogP contribution in [0, 0.1) is 13.8 Å². The first-order valence-corrected chi connectivity index (χ1v) is 9.77. The third kappa shape index (κ3) is 3.87. The molecule has 2 heterocycles. The molecular weight excluding hydrogens is 376 g/mol. The maximum absolute atomic E-state index is 12.9. The lowest BCUT2D eigenvalue weighted by molar-refractivity contribution is 0.0988. The SMILES string of the molecule is CC(=O)c1c(C)[nH]c(C(=O)[C@H](C)Sc2n[nH]c(=O)n2Cc2ccccc2)c1C. The number of ketones is 2. The second kappa shape index (κ2) is 8.02. The predicted molar refractivity (Wildman–Crippen MR) is 108 cm³/mol. The summed E-state index contributed by atoms with van der Waals surface area (Å²) in [5.74, 6) is -0.214. The second-order valence-electron chi connectivity index (χ2n) is 6.69. The van der Waals surface area contributed by atoms with Gasteiger partial charge in [-0.25, -0.2) is 9.89 Å². The van der Waals surface area contributed by atoms with E-state index in [9.17, 15) is 14.4 Å². The van der Waals surface area contributed by atoms with Gasteiger partial charge in [-0.2, -0.15) is 0 Å². The van der Waals surface area contributed by atoms with Crippen LogP contribution in [0.15, 0.2) is 40.3 Å². The highest BCUT2D eigenvalue weighted by molar-refractivity contribution is 8.00. The number of nitrogens with zero attached hydrogens (tertiary/aromatic N) is 2. The minimum Gasteiger partial charge on any atom is -0.355 e. The Balaban J connectivity index is 1.83. The number of hydrogen-bond donors (Lipinski definition) is 2. The van der Waals surface area contributed by atoms with Crippen LogP contribution in [0.4, 0.5) is 0 Å². The zero-order chi connectivity index (χ0) is 20.4. The van der Waals surface area contributed by atoms with Gasteiger partial charge in [-0.3, -0.25) is 14.2 Å². The van der Waals surface area contributed by atoms with Crippen molar-refractivity contribution in [2.75, 3.05) is 0 Å². The zero-order valence-corrected chi connectivity index (χ0v) is 17.0. The summed E-state index contributed by atoms with van der Waals surface area (Å²) in [5, 5.41) is 6.49. The fourth-order valence-corrected chi connectivity index (χ4v) is 4.15. The first-order valence-electron chi connectivity index (χ1n) is 8.89. The topological polar surface area (TPSA) is 101 Å². The Morgan fingerprint density at radius 3 is 2.50 bits per heavy atom. The van der Waals surface area contributed by atoms with Gasteiger partial charge in [0.25, 0.3) is 0 Å². The number of aryl methyl sites for hydroxylation is 1. The van der Waals surface area contributed by atoms with Crippen LogP contribution in [0.1, 0.15) is 51.5 Å². The summed E-state index contributed by atoms with van der Waals surface area (Å²) < 4.78 is 1.51. The van der Waals surface area contributed by atoms with Crippen LogP contribution in [0.3, 0.4) is 0 Å². The number of carbonyl (C=O) groups is 2. The Morgan fingerprint density at radius 1 is 1.21 bits per heavy atom. The normalized spacial score (nSPS) is 12.1. The number of rotatable bonds is 7. The summed E-state index contributed by atoms with van der Waals surface area (Å²) in [7, 11) is 0. The second-order valence-corrected chi connectivity index (χ2v) is 8.00. The van der Waals surface area contributed by atoms with Crippen LogP contribution in [0.2, 0.25) is 0 Å². The lowest BCUT2D eigenvalue weighted by atomic mass is 10.0. The van der Waals surface area contributed by atoms with E-state index >= 15 is 0 Å². The van der Waals surface area contributed by atoms with Crippen molar-refractivity contribution in [3.05, 3.63) is 68.9 Å². The van der Waals surface area contributed by atoms with Gasteiger partial charge in [-0.15, -0.1) is 5.10 Å². The molecule has 0 saturated heterocycles. The van der Waals surface area contributed by atoms with Gasteiger partial charge in [0.2, 0.25) is 0 Å². The van der Waals surface area contributed by atoms with Gasteiger partial charge in [0.05, 0.1) is 17.5 Å². The van der Waals surface area contributed by atoms with Crippen LogP contribution >= 0.6 is 11.8 Å². The van der Waals surface area contributed by atoms with Gasteiger partial charge in [-0.05, 0) is 38.8 Å². The van der Waals surface area contributed by atoms with E-state index in [-0.39, 0.29) is 17.3 Å². The monoisotopic (exact) mass is 398 g/mol. The van der Waals surface area contributed by atoms with Gasteiger partial charge >= 0.3 is 5.69 Å². The third-order valence-electron chi connectivity index (χ3n) is 4.59. The van der Waals surface area contributed by atoms with E-state index in [4.69, 9.17) is 0 Å². The van der Waals surface area contributed by atoms with Gasteiger partial charge in [-0.1, -0.05) is 42.1 Å². The maximum Gasteiger partial charge on any atom is 0.344 e. The first kappa shape index (κ1) is 19.9. The molecular formula is C20H22N4O3S. The smallest absolute Gasteiger partial charge is 0.344 e. The van der Waals surface area contributed by atoms with E-state index in [0.717, 1.165) is 5.56 Å². The summed E-state index contributed by atoms with van der Waals surface area (Å²) in [6.07, 6.45) is 0. The number of aromatic nitrogens is 4. The summed E-state index contributed by atoms with van der Waals surface area (Å²) in [5.41, 5.74) is 2.97. The largest absolute Gasteiger partial charge is 0.355 e. The number of carbonyl (C=O) groups excluding carboxylic acids is 2. The Bertz CT molecular complexity index is 1080. The molecule has 0 aliphatic rings. The van der Waals surface area contributed by atoms with E-state index in [1.165, 1.54) is 23.3 Å². The van der Waals surface area contributed by atoms with Crippen molar-refractivity contribution < 1.29 is 9.59 Å². The Kier molecular flexibility index (Phi) is 5.69. The summed E-state index contributed by atoms with van der Waals surface area (Å²) in [6, 6.07) is 9.58. The molecule has 0 bridgehead atoms. The lowest BCUT2D eigenvalue weighted by Crippen LogP contribution is -2.20. The highest BCUT2D eigenvalue weighted by Crippen LogP contribution is 2.26. The van der Waals surface area contributed by atoms with Gasteiger partial charge in [0.15, 0.2) is 16.7 Å². The van der Waals surface area contributed by atoms with Crippen molar-refractivity contribution in [2.24, 2.45) is 0 Å². The quantitative estimate of drug-likeness (QED) is 0.470. The van der Waals surface area contributed by atoms with Crippen molar-refractivity contribution in [2.45, 2.75) is 44.6 Å². The van der Waals surface area contributed by atoms with E-state index in [1.807, 2.05) is 30.3 Å². The number of hydrogen-bond acceptors (Lipinski definition) is 5. The van der Waals surface area contributed by atoms with E-state index in [2.05, 4.69) is 15.2 Å². The molecule has 7 nitrogen and oxygen atoms in total. The van der Waals surface area contributed by atoms with Crippen LogP contribution in [0.25, 0.3) is 0 Å². The fraction of sp³-hybridized carbons (Fsp3) is 0.300. The highest BCUT2D eigenvalue weighted by Gasteiger charge is 2.26. The van der Waals surface area contributed by atoms with Crippen LogP contribution < -0.4 is 5.69 Å². The predicted octanol–water partition coefficient (Wildman–Crippen LogP) is 3.13. The average molecular weight is 398 g/mol. The van der Waals surface area contributed by atoms with Crippen LogP contribution in [-0.2, 0) is 6.54 Å². The minimum atomic E-state index is -0.485. The Morgan fingerprint density at radius 2 is 1.89 bits per heavy atom. The van der Waals surface area contributed by atoms with Crippen molar-refractivity contribution in [3.8, 4) is 0 Å². The van der Waals surface area contributed by atoms with Crippen LogP contribution in [0.5, 0.6) is 0 Å². The van der Waals surface area contributed by atoms with Crippen LogP contribution in [-0.4, -0.2) is 36.6 Å². The molecule has 0 amide bonds. The van der Waals surface area contributed by atoms with Crippen molar-refractivity contribution >= 4 is 23.3 Å². The lowest BCUT2D eigenvalue weighted by Gasteiger charge is -2.11. The molecule has 0 fully saturated rings. The fourth-order valence-electron chi connectivity index (χ4n) is 3.24. The first-order chi connectivity index (χ1) is 13.3. The number of benzene rings is 1. The summed E-state index contributed by atoms with van der Waals surface area (Å²) in [4.78, 5) is 39.9. The molecule has 146 valence electrons. The molecule has 1 aromatic carbocycles. The number of Topliss-reactive ketones (excluding diaryl/α,β-unsaturated/α-hetero) is 2. The highest BCUT2D eigenvalue weighted by atomic mass is 32.2. The molecule has 0 spiro atoms. The Hall–Kier alpha value is -2.87. The molecule has 1 atom stereocenters. The molecule has 28 heavy (non-hydrogen) atoms. The summed E-state index contributed by atoms with van der Waals surface area (Å²) >= 11 is 1.21. The summed E-state index contributed by atoms with van der Waals surface area (Å²) in [6.45, 7) is 7.17. The zero-order valence-electron chi connectivity index (χ0n) is 16.2. The van der Waals surface area contributed by atoms with Crippen molar-refractivity contribution in [1.82, 2.24) is 19.7 Å². The minimum absolute atomic E-state index is 0.0744. The number of H-pyrrole nitrogens is 2. The molecule has 2 aromatic heterocycles. The Labute approximate surface area is 166 Å². The van der Waals surface area contributed by atoms with E-state index < -0.39 is 5.25 Å². The molecule has 8 heteroatoms.